The topological polar surface area (TPSA) is 69.4 Å². The third kappa shape index (κ3) is 3.84. The molecule has 1 fully saturated rings. The summed E-state index contributed by atoms with van der Waals surface area (Å²) < 4.78 is 9.55. The predicted octanol–water partition coefficient (Wildman–Crippen LogP) is 4.19. The molecule has 7 nitrogen and oxygen atoms in total. The molecule has 2 atom stereocenters. The maximum Gasteiger partial charge on any atom is 0.275 e. The number of carbonyl (C=O) groups excluding carboxylic acids is 1. The van der Waals surface area contributed by atoms with Crippen molar-refractivity contribution in [2.45, 2.75) is 58.2 Å². The molecule has 5 rings (SSSR count). The number of carbonyl (C=O) groups is 1. The first-order valence-electron chi connectivity index (χ1n) is 11.4. The number of halogens is 1. The number of ether oxygens (including phenoxy) is 1. The number of amides is 1. The second kappa shape index (κ2) is 8.37. The molecule has 8 heteroatoms. The van der Waals surface area contributed by atoms with E-state index in [1.807, 2.05) is 30.0 Å². The van der Waals surface area contributed by atoms with Gasteiger partial charge in [0, 0.05) is 24.3 Å². The molecule has 3 aromatic rings. The van der Waals surface area contributed by atoms with E-state index in [0.717, 1.165) is 34.9 Å². The Morgan fingerprint density at radius 1 is 1.12 bits per heavy atom. The van der Waals surface area contributed by atoms with Crippen molar-refractivity contribution in [3.63, 3.8) is 0 Å². The summed E-state index contributed by atoms with van der Waals surface area (Å²) in [7, 11) is 0. The Morgan fingerprint density at radius 2 is 1.94 bits per heavy atom. The van der Waals surface area contributed by atoms with Gasteiger partial charge in [0.05, 0.1) is 18.1 Å². The van der Waals surface area contributed by atoms with Crippen molar-refractivity contribution in [3.05, 3.63) is 75.2 Å². The number of benzene rings is 1. The fourth-order valence-corrected chi connectivity index (χ4v) is 4.99. The second-order valence-electron chi connectivity index (χ2n) is 9.12. The number of pyridine rings is 1. The van der Waals surface area contributed by atoms with Crippen LogP contribution in [0.2, 0.25) is 5.02 Å². The van der Waals surface area contributed by atoms with Crippen molar-refractivity contribution in [3.8, 4) is 11.4 Å². The molecule has 3 heterocycles. The highest BCUT2D eigenvalue weighted by molar-refractivity contribution is 6.31. The van der Waals surface area contributed by atoms with Gasteiger partial charge in [-0.1, -0.05) is 25.4 Å². The van der Waals surface area contributed by atoms with E-state index in [0.29, 0.717) is 30.4 Å². The zero-order valence-electron chi connectivity index (χ0n) is 19.0. The highest BCUT2D eigenvalue weighted by Crippen LogP contribution is 2.34. The van der Waals surface area contributed by atoms with Crippen molar-refractivity contribution >= 4 is 17.5 Å². The van der Waals surface area contributed by atoms with Gasteiger partial charge in [-0.2, -0.15) is 0 Å². The van der Waals surface area contributed by atoms with Crippen molar-refractivity contribution in [2.24, 2.45) is 0 Å². The van der Waals surface area contributed by atoms with Crippen LogP contribution in [0.25, 0.3) is 5.69 Å². The zero-order valence-corrected chi connectivity index (χ0v) is 19.7. The Kier molecular flexibility index (Phi) is 5.52. The minimum atomic E-state index is -0.179. The Hall–Kier alpha value is -3.06. The van der Waals surface area contributed by atoms with Gasteiger partial charge in [-0.15, -0.1) is 0 Å². The van der Waals surface area contributed by atoms with E-state index in [1.54, 1.807) is 33.8 Å². The lowest BCUT2D eigenvalue weighted by atomic mass is 9.86. The predicted molar refractivity (Wildman–Crippen MR) is 127 cm³/mol. The Morgan fingerprint density at radius 3 is 2.61 bits per heavy atom. The van der Waals surface area contributed by atoms with Gasteiger partial charge in [0.1, 0.15) is 23.2 Å². The maximum atomic E-state index is 13.3. The molecule has 1 saturated carbocycles. The van der Waals surface area contributed by atoms with Crippen molar-refractivity contribution in [1.29, 1.82) is 0 Å². The summed E-state index contributed by atoms with van der Waals surface area (Å²) in [6, 6.07) is 9.18. The third-order valence-corrected chi connectivity index (χ3v) is 6.99. The average molecular weight is 467 g/mol. The zero-order chi connectivity index (χ0) is 23.3. The summed E-state index contributed by atoms with van der Waals surface area (Å²) in [6.07, 6.45) is 5.13. The summed E-state index contributed by atoms with van der Waals surface area (Å²) in [6.45, 7) is 7.02. The molecule has 0 bridgehead atoms. The molecule has 2 aromatic heterocycles. The number of rotatable bonds is 5. The highest BCUT2D eigenvalue weighted by Gasteiger charge is 2.42. The summed E-state index contributed by atoms with van der Waals surface area (Å²) in [5, 5.41) is 0.737. The largest absolute Gasteiger partial charge is 0.488 e. The molecule has 0 N–H and O–H groups in total. The van der Waals surface area contributed by atoms with E-state index in [9.17, 15) is 9.59 Å². The highest BCUT2D eigenvalue weighted by atomic mass is 35.5. The second-order valence-corrected chi connectivity index (χ2v) is 9.53. The quantitative estimate of drug-likeness (QED) is 0.565. The SMILES string of the molecule is Cc1cn(-c2ccc3n(c2=O)CCN([C@@H]2CC[C@H]2Oc2ccc(Cl)c(C(C)C)c2)C3=O)cn1. The summed E-state index contributed by atoms with van der Waals surface area (Å²) in [5.41, 5.74) is 2.62. The fraction of sp³-hybridized carbons (Fsp3) is 0.400. The average Bonchev–Trinajstić information content (AvgIpc) is 3.20. The van der Waals surface area contributed by atoms with Crippen LogP contribution in [0.3, 0.4) is 0 Å². The monoisotopic (exact) mass is 466 g/mol. The van der Waals surface area contributed by atoms with Crippen LogP contribution in [-0.4, -0.2) is 43.6 Å². The van der Waals surface area contributed by atoms with Crippen molar-refractivity contribution < 1.29 is 9.53 Å². The molecule has 1 aromatic carbocycles. The number of nitrogens with zero attached hydrogens (tertiary/aromatic N) is 4. The Bertz CT molecular complexity index is 1280. The van der Waals surface area contributed by atoms with Crippen LogP contribution in [-0.2, 0) is 6.54 Å². The number of aromatic nitrogens is 3. The molecule has 33 heavy (non-hydrogen) atoms. The van der Waals surface area contributed by atoms with Crippen LogP contribution in [0.1, 0.15) is 54.4 Å². The van der Waals surface area contributed by atoms with Gasteiger partial charge in [-0.05, 0) is 61.6 Å². The minimum absolute atomic E-state index is 0.00416. The van der Waals surface area contributed by atoms with Gasteiger partial charge < -0.3 is 18.8 Å². The normalized spacial score (nSPS) is 20.0. The van der Waals surface area contributed by atoms with E-state index in [4.69, 9.17) is 16.3 Å². The van der Waals surface area contributed by atoms with E-state index < -0.39 is 0 Å². The molecule has 1 aliphatic carbocycles. The fourth-order valence-electron chi connectivity index (χ4n) is 4.66. The summed E-state index contributed by atoms with van der Waals surface area (Å²) in [5.74, 6) is 0.955. The number of hydrogen-bond donors (Lipinski definition) is 0. The van der Waals surface area contributed by atoms with Crippen molar-refractivity contribution in [2.75, 3.05) is 6.54 Å². The first-order valence-corrected chi connectivity index (χ1v) is 11.7. The van der Waals surface area contributed by atoms with E-state index in [2.05, 4.69) is 18.8 Å². The lowest BCUT2D eigenvalue weighted by molar-refractivity contribution is -0.00549. The Labute approximate surface area is 197 Å². The van der Waals surface area contributed by atoms with Gasteiger partial charge >= 0.3 is 0 Å². The minimum Gasteiger partial charge on any atom is -0.488 e. The maximum absolute atomic E-state index is 13.3. The lowest BCUT2D eigenvalue weighted by Gasteiger charge is -2.45. The smallest absolute Gasteiger partial charge is 0.275 e. The molecule has 172 valence electrons. The van der Waals surface area contributed by atoms with Gasteiger partial charge in [0.25, 0.3) is 11.5 Å². The van der Waals surface area contributed by atoms with E-state index in [1.165, 1.54) is 0 Å². The number of imidazole rings is 1. The molecule has 0 spiro atoms. The number of hydrogen-bond acceptors (Lipinski definition) is 4. The molecular weight excluding hydrogens is 440 g/mol. The van der Waals surface area contributed by atoms with Gasteiger partial charge in [0.15, 0.2) is 0 Å². The van der Waals surface area contributed by atoms with Gasteiger partial charge in [-0.25, -0.2) is 4.98 Å². The van der Waals surface area contributed by atoms with E-state index >= 15 is 0 Å². The first kappa shape index (κ1) is 21.8. The van der Waals surface area contributed by atoms with Crippen LogP contribution in [0, 0.1) is 6.92 Å². The van der Waals surface area contributed by atoms with E-state index in [-0.39, 0.29) is 23.6 Å². The molecule has 1 amide bonds. The molecule has 0 radical (unpaired) electrons. The molecule has 1 aliphatic heterocycles. The van der Waals surface area contributed by atoms with Gasteiger partial charge in [-0.3, -0.25) is 9.59 Å². The van der Waals surface area contributed by atoms with Crippen LogP contribution < -0.4 is 10.3 Å². The summed E-state index contributed by atoms with van der Waals surface area (Å²) >= 11 is 6.32. The standard InChI is InChI=1S/C25H27ClN4O3/c1-15(2)18-12-17(4-5-19(18)26)33-23-9-8-20(23)29-10-11-30-22(25(29)32)7-6-21(24(30)31)28-13-16(3)27-14-28/h4-7,12-15,20,23H,8-11H2,1-3H3/t20-,23-/m1/s1. The molecule has 0 unspecified atom stereocenters. The third-order valence-electron chi connectivity index (χ3n) is 6.64. The van der Waals surface area contributed by atoms with Crippen LogP contribution in [0.4, 0.5) is 0 Å². The Balaban J connectivity index is 1.35. The molecule has 2 aliphatic rings. The molecule has 0 saturated heterocycles. The lowest BCUT2D eigenvalue weighted by Crippen LogP contribution is -2.58. The van der Waals surface area contributed by atoms with Gasteiger partial charge in [0.2, 0.25) is 0 Å². The van der Waals surface area contributed by atoms with Crippen LogP contribution in [0.15, 0.2) is 47.7 Å². The number of aryl methyl sites for hydroxylation is 1. The molecular formula is C25H27ClN4O3. The first-order chi connectivity index (χ1) is 15.8. The van der Waals surface area contributed by atoms with Crippen LogP contribution in [0.5, 0.6) is 5.75 Å². The van der Waals surface area contributed by atoms with Crippen molar-refractivity contribution in [1.82, 2.24) is 19.0 Å². The number of fused-ring (bicyclic) bond motifs is 1. The van der Waals surface area contributed by atoms with Crippen LogP contribution >= 0.6 is 11.6 Å². The summed E-state index contributed by atoms with van der Waals surface area (Å²) in [4.78, 5) is 32.4.